The lowest BCUT2D eigenvalue weighted by Gasteiger charge is -2.14. The molecule has 4 N–H and O–H groups in total. The largest absolute Gasteiger partial charge is 0.362 e. The number of aryl methyl sites for hydroxylation is 2. The molecular weight excluding hydrogens is 292 g/mol. The van der Waals surface area contributed by atoms with Gasteiger partial charge in [0.1, 0.15) is 11.6 Å². The van der Waals surface area contributed by atoms with Gasteiger partial charge in [0.2, 0.25) is 0 Å². The van der Waals surface area contributed by atoms with Crippen LogP contribution in [0.1, 0.15) is 28.5 Å². The van der Waals surface area contributed by atoms with E-state index in [9.17, 15) is 0 Å². The van der Waals surface area contributed by atoms with Crippen molar-refractivity contribution in [3.05, 3.63) is 21.6 Å². The zero-order valence-corrected chi connectivity index (χ0v) is 13.5. The van der Waals surface area contributed by atoms with E-state index >= 15 is 0 Å². The minimum atomic E-state index is 0.136. The molecule has 0 amide bonds. The fourth-order valence-corrected chi connectivity index (χ4v) is 3.21. The molecule has 0 spiro atoms. The van der Waals surface area contributed by atoms with Gasteiger partial charge in [0.25, 0.3) is 0 Å². The van der Waals surface area contributed by atoms with Gasteiger partial charge in [0, 0.05) is 10.9 Å². The van der Waals surface area contributed by atoms with Crippen LogP contribution < -0.4 is 16.6 Å². The molecule has 8 heteroatoms. The number of nitrogens with two attached hydrogens (primary N) is 1. The predicted molar refractivity (Wildman–Crippen MR) is 85.2 cm³/mol. The van der Waals surface area contributed by atoms with Gasteiger partial charge in [0.15, 0.2) is 5.16 Å². The first-order valence-corrected chi connectivity index (χ1v) is 8.17. The van der Waals surface area contributed by atoms with Crippen LogP contribution in [0.15, 0.2) is 11.2 Å². The van der Waals surface area contributed by atoms with E-state index in [2.05, 4.69) is 32.6 Å². The molecule has 1 atom stereocenters. The number of rotatable bonds is 5. The Morgan fingerprint density at radius 3 is 2.50 bits per heavy atom. The van der Waals surface area contributed by atoms with Gasteiger partial charge in [-0.25, -0.2) is 20.8 Å². The molecule has 2 aromatic heterocycles. The maximum Gasteiger partial charge on any atom is 0.191 e. The van der Waals surface area contributed by atoms with Crippen LogP contribution in [-0.2, 0) is 0 Å². The lowest BCUT2D eigenvalue weighted by molar-refractivity contribution is 0.860. The average Bonchev–Trinajstić information content (AvgIpc) is 2.77. The van der Waals surface area contributed by atoms with Crippen LogP contribution in [0.5, 0.6) is 0 Å². The number of hydrazine groups is 1. The van der Waals surface area contributed by atoms with Crippen molar-refractivity contribution in [2.75, 3.05) is 17.0 Å². The second kappa shape index (κ2) is 6.38. The number of thioether (sulfide) groups is 1. The maximum atomic E-state index is 5.43. The minimum absolute atomic E-state index is 0.136. The zero-order chi connectivity index (χ0) is 14.7. The molecule has 0 fully saturated rings. The van der Waals surface area contributed by atoms with Crippen molar-refractivity contribution in [1.29, 1.82) is 0 Å². The highest BCUT2D eigenvalue weighted by Gasteiger charge is 2.14. The lowest BCUT2D eigenvalue weighted by Crippen LogP contribution is -2.12. The molecule has 20 heavy (non-hydrogen) atoms. The standard InChI is InChI=1S/C12H18N6S2/c1-6-11(20-8(3)14-6)7(2)15-9-5-10(18-13)17-12(16-9)19-4/h5,7H,13H2,1-4H3,(H2,15,16,17,18). The van der Waals surface area contributed by atoms with Gasteiger partial charge in [-0.05, 0) is 27.0 Å². The normalized spacial score (nSPS) is 12.2. The Labute approximate surface area is 126 Å². The molecule has 0 radical (unpaired) electrons. The van der Waals surface area contributed by atoms with E-state index in [0.717, 1.165) is 16.5 Å². The van der Waals surface area contributed by atoms with Crippen molar-refractivity contribution in [2.45, 2.75) is 32.0 Å². The van der Waals surface area contributed by atoms with Crippen LogP contribution >= 0.6 is 23.1 Å². The number of nitrogens with one attached hydrogen (secondary N) is 2. The molecule has 0 aliphatic heterocycles. The summed E-state index contributed by atoms with van der Waals surface area (Å²) in [6, 6.07) is 1.93. The molecule has 2 heterocycles. The van der Waals surface area contributed by atoms with Gasteiger partial charge in [0.05, 0.1) is 16.7 Å². The number of thiazole rings is 1. The summed E-state index contributed by atoms with van der Waals surface area (Å²) in [7, 11) is 0. The van der Waals surface area contributed by atoms with Crippen LogP contribution in [-0.4, -0.2) is 21.2 Å². The fraction of sp³-hybridized carbons (Fsp3) is 0.417. The molecule has 0 aliphatic rings. The highest BCUT2D eigenvalue weighted by atomic mass is 32.2. The topological polar surface area (TPSA) is 88.8 Å². The lowest BCUT2D eigenvalue weighted by atomic mass is 10.2. The van der Waals surface area contributed by atoms with Gasteiger partial charge in [-0.15, -0.1) is 11.3 Å². The average molecular weight is 310 g/mol. The summed E-state index contributed by atoms with van der Waals surface area (Å²) in [4.78, 5) is 14.3. The number of hydrogen-bond acceptors (Lipinski definition) is 8. The number of hydrogen-bond donors (Lipinski definition) is 3. The minimum Gasteiger partial charge on any atom is -0.362 e. The Kier molecular flexibility index (Phi) is 4.79. The van der Waals surface area contributed by atoms with E-state index in [1.807, 2.05) is 20.1 Å². The molecule has 0 aliphatic carbocycles. The second-order valence-corrected chi connectivity index (χ2v) is 6.33. The Bertz CT molecular complexity index is 575. The fourth-order valence-electron chi connectivity index (χ4n) is 1.90. The highest BCUT2D eigenvalue weighted by Crippen LogP contribution is 2.28. The van der Waals surface area contributed by atoms with E-state index < -0.39 is 0 Å². The van der Waals surface area contributed by atoms with Crippen molar-refractivity contribution in [2.24, 2.45) is 5.84 Å². The van der Waals surface area contributed by atoms with Gasteiger partial charge >= 0.3 is 0 Å². The number of anilines is 2. The molecule has 0 bridgehead atoms. The molecule has 1 unspecified atom stereocenters. The van der Waals surface area contributed by atoms with E-state index in [4.69, 9.17) is 5.84 Å². The molecule has 2 aromatic rings. The summed E-state index contributed by atoms with van der Waals surface area (Å²) in [6.07, 6.45) is 1.93. The molecule has 0 aromatic carbocycles. The summed E-state index contributed by atoms with van der Waals surface area (Å²) in [5, 5.41) is 5.12. The van der Waals surface area contributed by atoms with Crippen molar-refractivity contribution in [1.82, 2.24) is 15.0 Å². The van der Waals surface area contributed by atoms with Gasteiger partial charge in [-0.2, -0.15) is 0 Å². The van der Waals surface area contributed by atoms with Gasteiger partial charge in [-0.3, -0.25) is 0 Å². The first kappa shape index (κ1) is 15.0. The maximum absolute atomic E-state index is 5.43. The van der Waals surface area contributed by atoms with Crippen LogP contribution in [0.25, 0.3) is 0 Å². The third-order valence-corrected chi connectivity index (χ3v) is 4.54. The summed E-state index contributed by atoms with van der Waals surface area (Å²) in [5.74, 6) is 6.77. The Balaban J connectivity index is 2.22. The zero-order valence-electron chi connectivity index (χ0n) is 11.9. The SMILES string of the molecule is CSc1nc(NN)cc(NC(C)c2sc(C)nc2C)n1. The number of aromatic nitrogens is 3. The van der Waals surface area contributed by atoms with Crippen molar-refractivity contribution < 1.29 is 0 Å². The first-order valence-electron chi connectivity index (χ1n) is 6.13. The Hall–Kier alpha value is -1.38. The smallest absolute Gasteiger partial charge is 0.191 e. The van der Waals surface area contributed by atoms with E-state index in [1.54, 1.807) is 17.4 Å². The molecule has 0 saturated heterocycles. The summed E-state index contributed by atoms with van der Waals surface area (Å²) < 4.78 is 0. The highest BCUT2D eigenvalue weighted by molar-refractivity contribution is 7.98. The van der Waals surface area contributed by atoms with Crippen molar-refractivity contribution >= 4 is 34.7 Å². The predicted octanol–water partition coefficient (Wildman–Crippen LogP) is 2.73. The van der Waals surface area contributed by atoms with Crippen LogP contribution in [0.3, 0.4) is 0 Å². The Morgan fingerprint density at radius 1 is 1.25 bits per heavy atom. The Morgan fingerprint density at radius 2 is 1.95 bits per heavy atom. The second-order valence-electron chi connectivity index (χ2n) is 4.32. The van der Waals surface area contributed by atoms with Gasteiger partial charge in [-0.1, -0.05) is 11.8 Å². The van der Waals surface area contributed by atoms with Crippen LogP contribution in [0.4, 0.5) is 11.6 Å². The third-order valence-electron chi connectivity index (χ3n) is 2.73. The van der Waals surface area contributed by atoms with Crippen molar-refractivity contribution in [3.8, 4) is 0 Å². The molecule has 108 valence electrons. The summed E-state index contributed by atoms with van der Waals surface area (Å²) in [6.45, 7) is 6.13. The third kappa shape index (κ3) is 3.38. The quantitative estimate of drug-likeness (QED) is 0.338. The van der Waals surface area contributed by atoms with Gasteiger partial charge < -0.3 is 10.7 Å². The summed E-state index contributed by atoms with van der Waals surface area (Å²) in [5.41, 5.74) is 3.62. The van der Waals surface area contributed by atoms with Crippen LogP contribution in [0, 0.1) is 13.8 Å². The van der Waals surface area contributed by atoms with Crippen molar-refractivity contribution in [3.63, 3.8) is 0 Å². The van der Waals surface area contributed by atoms with E-state index in [0.29, 0.717) is 11.0 Å². The van der Waals surface area contributed by atoms with E-state index in [1.165, 1.54) is 16.6 Å². The number of nitrogens with zero attached hydrogens (tertiary/aromatic N) is 3. The number of nitrogen functional groups attached to an aromatic ring is 1. The molecule has 6 nitrogen and oxygen atoms in total. The summed E-state index contributed by atoms with van der Waals surface area (Å²) >= 11 is 3.17. The molecular formula is C12H18N6S2. The molecule has 2 rings (SSSR count). The van der Waals surface area contributed by atoms with Crippen LogP contribution in [0.2, 0.25) is 0 Å². The first-order chi connectivity index (χ1) is 9.53. The molecule has 0 saturated carbocycles. The monoisotopic (exact) mass is 310 g/mol. The van der Waals surface area contributed by atoms with E-state index in [-0.39, 0.29) is 6.04 Å².